The van der Waals surface area contributed by atoms with Gasteiger partial charge in [-0.25, -0.2) is 0 Å². The zero-order valence-corrected chi connectivity index (χ0v) is 9.53. The predicted molar refractivity (Wildman–Crippen MR) is 60.3 cm³/mol. The van der Waals surface area contributed by atoms with E-state index in [-0.39, 0.29) is 0 Å². The van der Waals surface area contributed by atoms with Gasteiger partial charge in [-0.05, 0) is 18.6 Å². The fraction of sp³-hybridized carbons (Fsp3) is 0.500. The van der Waals surface area contributed by atoms with Crippen LogP contribution in [-0.2, 0) is 5.75 Å². The molecule has 1 atom stereocenters. The van der Waals surface area contributed by atoms with Crippen LogP contribution in [-0.4, -0.2) is 10.2 Å². The molecule has 3 heteroatoms. The fourth-order valence-electron chi connectivity index (χ4n) is 0.873. The molecule has 1 nitrogen and oxygen atoms in total. The van der Waals surface area contributed by atoms with Crippen LogP contribution in [0.4, 0.5) is 0 Å². The first kappa shape index (κ1) is 10.9. The summed E-state index contributed by atoms with van der Waals surface area (Å²) < 4.78 is 0. The second-order valence-electron chi connectivity index (χ2n) is 3.00. The Labute approximate surface area is 88.9 Å². The molecule has 1 aromatic heterocycles. The minimum Gasteiger partial charge on any atom is -0.260 e. The highest BCUT2D eigenvalue weighted by atomic mass is 35.5. The molecule has 0 saturated heterocycles. The zero-order valence-electron chi connectivity index (χ0n) is 7.96. The van der Waals surface area contributed by atoms with E-state index in [4.69, 9.17) is 11.6 Å². The van der Waals surface area contributed by atoms with Gasteiger partial charge in [0.25, 0.3) is 0 Å². The van der Waals surface area contributed by atoms with Crippen LogP contribution in [0.1, 0.15) is 26.0 Å². The standard InChI is InChI=1S/C10H14ClNS/c1-3-8(2)13-7-10-6-9(11)4-5-12-10/h4-6,8H,3,7H2,1-2H3. The van der Waals surface area contributed by atoms with Crippen molar-refractivity contribution in [1.82, 2.24) is 4.98 Å². The minimum atomic E-state index is 0.695. The SMILES string of the molecule is CCC(C)SCc1cc(Cl)ccn1. The van der Waals surface area contributed by atoms with Crippen molar-refractivity contribution in [2.24, 2.45) is 0 Å². The summed E-state index contributed by atoms with van der Waals surface area (Å²) in [5.41, 5.74) is 1.07. The molecule has 0 fully saturated rings. The van der Waals surface area contributed by atoms with E-state index < -0.39 is 0 Å². The number of hydrogen-bond acceptors (Lipinski definition) is 2. The first-order valence-electron chi connectivity index (χ1n) is 4.44. The predicted octanol–water partition coefficient (Wildman–Crippen LogP) is 3.77. The van der Waals surface area contributed by atoms with Crippen molar-refractivity contribution >= 4 is 23.4 Å². The van der Waals surface area contributed by atoms with Crippen LogP contribution in [0.5, 0.6) is 0 Å². The van der Waals surface area contributed by atoms with Crippen LogP contribution >= 0.6 is 23.4 Å². The van der Waals surface area contributed by atoms with E-state index in [1.807, 2.05) is 17.8 Å². The lowest BCUT2D eigenvalue weighted by molar-refractivity contribution is 0.904. The normalized spacial score (nSPS) is 12.8. The zero-order chi connectivity index (χ0) is 9.68. The maximum absolute atomic E-state index is 5.84. The van der Waals surface area contributed by atoms with Gasteiger partial charge in [0.1, 0.15) is 0 Å². The number of nitrogens with zero attached hydrogens (tertiary/aromatic N) is 1. The van der Waals surface area contributed by atoms with Crippen LogP contribution in [0, 0.1) is 0 Å². The Morgan fingerprint density at radius 3 is 3.00 bits per heavy atom. The van der Waals surface area contributed by atoms with E-state index in [0.717, 1.165) is 16.5 Å². The van der Waals surface area contributed by atoms with Gasteiger partial charge in [-0.15, -0.1) is 0 Å². The fourth-order valence-corrected chi connectivity index (χ4v) is 1.90. The van der Waals surface area contributed by atoms with Crippen LogP contribution in [0.2, 0.25) is 5.02 Å². The van der Waals surface area contributed by atoms with Crippen molar-refractivity contribution in [2.75, 3.05) is 0 Å². The Bertz CT molecular complexity index is 265. The van der Waals surface area contributed by atoms with Gasteiger partial charge in [0.05, 0.1) is 5.69 Å². The van der Waals surface area contributed by atoms with Gasteiger partial charge >= 0.3 is 0 Å². The molecule has 0 aliphatic carbocycles. The quantitative estimate of drug-likeness (QED) is 0.759. The third-order valence-electron chi connectivity index (χ3n) is 1.87. The Morgan fingerprint density at radius 2 is 2.38 bits per heavy atom. The molecule has 0 N–H and O–H groups in total. The molecule has 0 aliphatic rings. The van der Waals surface area contributed by atoms with Gasteiger partial charge in [0.2, 0.25) is 0 Å². The van der Waals surface area contributed by atoms with Crippen molar-refractivity contribution in [3.8, 4) is 0 Å². The van der Waals surface area contributed by atoms with E-state index in [2.05, 4.69) is 18.8 Å². The largest absolute Gasteiger partial charge is 0.260 e. The first-order valence-corrected chi connectivity index (χ1v) is 5.87. The monoisotopic (exact) mass is 215 g/mol. The second-order valence-corrected chi connectivity index (χ2v) is 4.86. The summed E-state index contributed by atoms with van der Waals surface area (Å²) in [4.78, 5) is 4.24. The van der Waals surface area contributed by atoms with E-state index in [1.54, 1.807) is 12.3 Å². The van der Waals surface area contributed by atoms with Gasteiger partial charge in [0.15, 0.2) is 0 Å². The number of aromatic nitrogens is 1. The van der Waals surface area contributed by atoms with Crippen molar-refractivity contribution in [2.45, 2.75) is 31.3 Å². The molecule has 0 saturated carbocycles. The number of pyridine rings is 1. The lowest BCUT2D eigenvalue weighted by Gasteiger charge is -2.07. The molecule has 0 radical (unpaired) electrons. The molecule has 1 heterocycles. The van der Waals surface area contributed by atoms with E-state index in [0.29, 0.717) is 5.25 Å². The number of halogens is 1. The lowest BCUT2D eigenvalue weighted by Crippen LogP contribution is -1.94. The Balaban J connectivity index is 2.45. The molecular formula is C10H14ClNS. The Kier molecular flexibility index (Phi) is 4.60. The summed E-state index contributed by atoms with van der Waals surface area (Å²) in [5, 5.41) is 1.47. The molecule has 1 unspecified atom stereocenters. The summed E-state index contributed by atoms with van der Waals surface area (Å²) in [5.74, 6) is 0.954. The Hall–Kier alpha value is -0.210. The van der Waals surface area contributed by atoms with Crippen molar-refractivity contribution < 1.29 is 0 Å². The van der Waals surface area contributed by atoms with E-state index in [1.165, 1.54) is 6.42 Å². The molecule has 0 aliphatic heterocycles. The summed E-state index contributed by atoms with van der Waals surface area (Å²) in [7, 11) is 0. The van der Waals surface area contributed by atoms with Crippen molar-refractivity contribution in [1.29, 1.82) is 0 Å². The van der Waals surface area contributed by atoms with E-state index >= 15 is 0 Å². The minimum absolute atomic E-state index is 0.695. The summed E-state index contributed by atoms with van der Waals surface area (Å²) >= 11 is 7.76. The molecular weight excluding hydrogens is 202 g/mol. The third kappa shape index (κ3) is 4.01. The third-order valence-corrected chi connectivity index (χ3v) is 3.47. The maximum Gasteiger partial charge on any atom is 0.0517 e. The average molecular weight is 216 g/mol. The second kappa shape index (κ2) is 5.51. The summed E-state index contributed by atoms with van der Waals surface area (Å²) in [6, 6.07) is 3.73. The molecule has 0 amide bonds. The van der Waals surface area contributed by atoms with Gasteiger partial charge in [-0.1, -0.05) is 25.4 Å². The molecule has 13 heavy (non-hydrogen) atoms. The maximum atomic E-state index is 5.84. The Morgan fingerprint density at radius 1 is 1.62 bits per heavy atom. The lowest BCUT2D eigenvalue weighted by atomic mass is 10.4. The highest BCUT2D eigenvalue weighted by molar-refractivity contribution is 7.99. The van der Waals surface area contributed by atoms with E-state index in [9.17, 15) is 0 Å². The average Bonchev–Trinajstić information content (AvgIpc) is 2.14. The van der Waals surface area contributed by atoms with Crippen molar-refractivity contribution in [3.05, 3.63) is 29.0 Å². The van der Waals surface area contributed by atoms with Crippen LogP contribution in [0.15, 0.2) is 18.3 Å². The highest BCUT2D eigenvalue weighted by Crippen LogP contribution is 2.19. The highest BCUT2D eigenvalue weighted by Gasteiger charge is 2.01. The molecule has 72 valence electrons. The molecule has 0 bridgehead atoms. The first-order chi connectivity index (χ1) is 6.22. The molecule has 1 rings (SSSR count). The van der Waals surface area contributed by atoms with Gasteiger partial charge in [-0.2, -0.15) is 11.8 Å². The van der Waals surface area contributed by atoms with Gasteiger partial charge < -0.3 is 0 Å². The van der Waals surface area contributed by atoms with Crippen LogP contribution in [0.25, 0.3) is 0 Å². The summed E-state index contributed by atoms with van der Waals surface area (Å²) in [6.07, 6.45) is 2.96. The summed E-state index contributed by atoms with van der Waals surface area (Å²) in [6.45, 7) is 4.43. The number of rotatable bonds is 4. The topological polar surface area (TPSA) is 12.9 Å². The molecule has 0 spiro atoms. The van der Waals surface area contributed by atoms with Crippen molar-refractivity contribution in [3.63, 3.8) is 0 Å². The molecule has 0 aromatic carbocycles. The smallest absolute Gasteiger partial charge is 0.0517 e. The van der Waals surface area contributed by atoms with Gasteiger partial charge in [-0.3, -0.25) is 4.98 Å². The van der Waals surface area contributed by atoms with Crippen LogP contribution in [0.3, 0.4) is 0 Å². The van der Waals surface area contributed by atoms with Crippen LogP contribution < -0.4 is 0 Å². The molecule has 1 aromatic rings. The number of thioether (sulfide) groups is 1. The number of hydrogen-bond donors (Lipinski definition) is 0. The van der Waals surface area contributed by atoms with Gasteiger partial charge in [0, 0.05) is 22.2 Å².